The summed E-state index contributed by atoms with van der Waals surface area (Å²) in [5.74, 6) is 1.98. The fourth-order valence-electron chi connectivity index (χ4n) is 5.88. The van der Waals surface area contributed by atoms with E-state index in [0.717, 1.165) is 55.5 Å². The predicted molar refractivity (Wildman–Crippen MR) is 175 cm³/mol. The van der Waals surface area contributed by atoms with E-state index in [1.165, 1.54) is 49.2 Å². The molecule has 2 saturated carbocycles. The van der Waals surface area contributed by atoms with E-state index in [1.54, 1.807) is 25.3 Å². The van der Waals surface area contributed by atoms with Gasteiger partial charge in [0, 0.05) is 23.8 Å². The molecule has 0 unspecified atom stereocenters. The van der Waals surface area contributed by atoms with Crippen molar-refractivity contribution in [3.63, 3.8) is 0 Å². The topological polar surface area (TPSA) is 94.1 Å². The monoisotopic (exact) mass is 708 g/mol. The molecule has 2 N–H and O–H groups in total. The molecule has 0 bridgehead atoms. The molecule has 2 aliphatic rings. The average Bonchev–Trinajstić information content (AvgIpc) is 3.72. The Balaban J connectivity index is 0.000000191. The Morgan fingerprint density at radius 3 is 1.57 bits per heavy atom. The minimum atomic E-state index is -4.72. The Kier molecular flexibility index (Phi) is 11.4. The first kappa shape index (κ1) is 36.0. The highest BCUT2D eigenvalue weighted by atomic mass is 35.5. The summed E-state index contributed by atoms with van der Waals surface area (Å²) >= 11 is 6.30. The second kappa shape index (κ2) is 15.5. The van der Waals surface area contributed by atoms with Crippen LogP contribution in [0, 0.1) is 13.8 Å². The van der Waals surface area contributed by atoms with E-state index < -0.39 is 12.7 Å². The molecule has 2 fully saturated rings. The molecule has 49 heavy (non-hydrogen) atoms. The first-order valence-electron chi connectivity index (χ1n) is 15.9. The molecule has 0 spiro atoms. The van der Waals surface area contributed by atoms with Gasteiger partial charge in [-0.25, -0.2) is 19.9 Å². The highest BCUT2D eigenvalue weighted by molar-refractivity contribution is 6.32. The van der Waals surface area contributed by atoms with E-state index in [0.29, 0.717) is 40.7 Å². The summed E-state index contributed by atoms with van der Waals surface area (Å²) in [5.41, 5.74) is 2.72. The third-order valence-corrected chi connectivity index (χ3v) is 8.33. The SMILES string of the molecule is Cc1nc(Cl)c(-c2ccc(OC(F)(F)F)cc2)c(NC2CCCC2)n1.Cc1ncc(-c2ccc(OC(F)(F)F)cc2)c(NC2CCCC2)n1. The number of hydrogen-bond acceptors (Lipinski definition) is 8. The van der Waals surface area contributed by atoms with Crippen molar-refractivity contribution in [3.05, 3.63) is 71.5 Å². The van der Waals surface area contributed by atoms with Crippen LogP contribution >= 0.6 is 11.6 Å². The lowest BCUT2D eigenvalue weighted by Crippen LogP contribution is -2.17. The zero-order valence-electron chi connectivity index (χ0n) is 26.8. The minimum Gasteiger partial charge on any atom is -0.406 e. The molecule has 262 valence electrons. The van der Waals surface area contributed by atoms with E-state index in [9.17, 15) is 26.3 Å². The van der Waals surface area contributed by atoms with Crippen molar-refractivity contribution in [2.75, 3.05) is 10.6 Å². The van der Waals surface area contributed by atoms with Crippen molar-refractivity contribution in [2.24, 2.45) is 0 Å². The lowest BCUT2D eigenvalue weighted by Gasteiger charge is -2.18. The number of anilines is 2. The Hall–Kier alpha value is -4.33. The third kappa shape index (κ3) is 10.6. The van der Waals surface area contributed by atoms with Gasteiger partial charge in [0.15, 0.2) is 0 Å². The van der Waals surface area contributed by atoms with E-state index in [-0.39, 0.29) is 16.7 Å². The Morgan fingerprint density at radius 1 is 0.633 bits per heavy atom. The van der Waals surface area contributed by atoms with Gasteiger partial charge >= 0.3 is 12.7 Å². The van der Waals surface area contributed by atoms with Crippen molar-refractivity contribution >= 4 is 23.2 Å². The van der Waals surface area contributed by atoms with Crippen LogP contribution in [0.4, 0.5) is 38.0 Å². The van der Waals surface area contributed by atoms with Crippen LogP contribution in [0.3, 0.4) is 0 Å². The second-order valence-electron chi connectivity index (χ2n) is 11.9. The van der Waals surface area contributed by atoms with Gasteiger partial charge in [0.25, 0.3) is 0 Å². The highest BCUT2D eigenvalue weighted by Crippen LogP contribution is 2.36. The normalized spacial score (nSPS) is 15.4. The molecular formula is C34H35ClF6N6O2. The number of aryl methyl sites for hydroxylation is 2. The van der Waals surface area contributed by atoms with Crippen molar-refractivity contribution in [1.82, 2.24) is 19.9 Å². The van der Waals surface area contributed by atoms with Crippen LogP contribution in [-0.2, 0) is 0 Å². The highest BCUT2D eigenvalue weighted by Gasteiger charge is 2.32. The van der Waals surface area contributed by atoms with Crippen molar-refractivity contribution in [1.29, 1.82) is 0 Å². The van der Waals surface area contributed by atoms with Crippen LogP contribution in [0.5, 0.6) is 11.5 Å². The maximum absolute atomic E-state index is 12.3. The number of aromatic nitrogens is 4. The van der Waals surface area contributed by atoms with Gasteiger partial charge in [-0.3, -0.25) is 0 Å². The number of hydrogen-bond donors (Lipinski definition) is 2. The summed E-state index contributed by atoms with van der Waals surface area (Å²) in [6, 6.07) is 12.0. The Labute approximate surface area is 284 Å². The largest absolute Gasteiger partial charge is 0.573 e. The number of halogens is 7. The first-order chi connectivity index (χ1) is 23.2. The van der Waals surface area contributed by atoms with Crippen LogP contribution in [0.25, 0.3) is 22.3 Å². The van der Waals surface area contributed by atoms with Crippen LogP contribution in [0.15, 0.2) is 54.7 Å². The molecule has 0 saturated heterocycles. The Morgan fingerprint density at radius 2 is 1.08 bits per heavy atom. The molecule has 0 aliphatic heterocycles. The molecule has 2 aliphatic carbocycles. The van der Waals surface area contributed by atoms with Gasteiger partial charge in [0.05, 0.1) is 5.56 Å². The van der Waals surface area contributed by atoms with Crippen molar-refractivity contribution in [2.45, 2.75) is 90.0 Å². The molecule has 15 heteroatoms. The summed E-state index contributed by atoms with van der Waals surface area (Å²) < 4.78 is 81.4. The van der Waals surface area contributed by atoms with Gasteiger partial charge in [-0.1, -0.05) is 61.5 Å². The number of nitrogens with one attached hydrogen (secondary N) is 2. The van der Waals surface area contributed by atoms with Crippen LogP contribution < -0.4 is 20.1 Å². The molecule has 2 aromatic heterocycles. The van der Waals surface area contributed by atoms with Gasteiger partial charge < -0.3 is 20.1 Å². The van der Waals surface area contributed by atoms with Crippen molar-refractivity contribution < 1.29 is 35.8 Å². The number of ether oxygens (including phenoxy) is 2. The number of benzene rings is 2. The van der Waals surface area contributed by atoms with E-state index in [4.69, 9.17) is 11.6 Å². The third-order valence-electron chi connectivity index (χ3n) is 8.05. The van der Waals surface area contributed by atoms with Gasteiger partial charge in [-0.05, 0) is 74.9 Å². The van der Waals surface area contributed by atoms with Gasteiger partial charge in [0.1, 0.15) is 39.9 Å². The van der Waals surface area contributed by atoms with Crippen LogP contribution in [0.2, 0.25) is 5.15 Å². The predicted octanol–water partition coefficient (Wildman–Crippen LogP) is 10.1. The number of rotatable bonds is 8. The molecular weight excluding hydrogens is 674 g/mol. The second-order valence-corrected chi connectivity index (χ2v) is 12.2. The molecule has 0 atom stereocenters. The first-order valence-corrected chi connectivity index (χ1v) is 16.2. The zero-order chi connectivity index (χ0) is 35.2. The molecule has 2 aromatic carbocycles. The fraction of sp³-hybridized carbons (Fsp3) is 0.412. The quantitative estimate of drug-likeness (QED) is 0.138. The zero-order valence-corrected chi connectivity index (χ0v) is 27.5. The van der Waals surface area contributed by atoms with E-state index in [2.05, 4.69) is 40.0 Å². The lowest BCUT2D eigenvalue weighted by molar-refractivity contribution is -0.275. The van der Waals surface area contributed by atoms with E-state index in [1.807, 2.05) is 6.92 Å². The molecule has 8 nitrogen and oxygen atoms in total. The molecule has 0 radical (unpaired) electrons. The number of alkyl halides is 6. The van der Waals surface area contributed by atoms with E-state index >= 15 is 0 Å². The molecule has 0 amide bonds. The maximum Gasteiger partial charge on any atom is 0.573 e. The van der Waals surface area contributed by atoms with Crippen molar-refractivity contribution in [3.8, 4) is 33.8 Å². The van der Waals surface area contributed by atoms with Gasteiger partial charge in [-0.2, -0.15) is 0 Å². The van der Waals surface area contributed by atoms with Gasteiger partial charge in [0.2, 0.25) is 0 Å². The minimum absolute atomic E-state index is 0.246. The smallest absolute Gasteiger partial charge is 0.406 e. The van der Waals surface area contributed by atoms with Crippen LogP contribution in [0.1, 0.15) is 63.0 Å². The molecule has 6 rings (SSSR count). The summed E-state index contributed by atoms with van der Waals surface area (Å²) in [4.78, 5) is 17.3. The molecule has 2 heterocycles. The molecule has 4 aromatic rings. The fourth-order valence-corrected chi connectivity index (χ4v) is 6.20. The summed E-state index contributed by atoms with van der Waals surface area (Å²) in [7, 11) is 0. The van der Waals surface area contributed by atoms with Crippen LogP contribution in [-0.4, -0.2) is 44.7 Å². The maximum atomic E-state index is 12.3. The summed E-state index contributed by atoms with van der Waals surface area (Å²) in [5, 5.41) is 7.10. The lowest BCUT2D eigenvalue weighted by atomic mass is 10.1. The average molecular weight is 709 g/mol. The summed E-state index contributed by atoms with van der Waals surface area (Å²) in [6.07, 6.45) is 1.30. The Bertz CT molecular complexity index is 1690. The number of nitrogens with zero attached hydrogens (tertiary/aromatic N) is 4. The standard InChI is InChI=1S/C17H17ClF3N3O.C17H18F3N3O/c1-10-22-15(18)14(16(23-10)24-12-4-2-3-5-12)11-6-8-13(9-7-11)25-17(19,20)21;1-11-21-10-15(16(22-11)23-13-4-2-3-5-13)12-6-8-14(9-7-12)24-17(18,19)20/h6-9,12H,2-5H2,1H3,(H,22,23,24);6-10,13H,2-5H2,1H3,(H,21,22,23). The summed E-state index contributed by atoms with van der Waals surface area (Å²) in [6.45, 7) is 3.56. The van der Waals surface area contributed by atoms with Gasteiger partial charge in [-0.15, -0.1) is 26.3 Å².